The topological polar surface area (TPSA) is 54.4 Å². The van der Waals surface area contributed by atoms with Crippen LogP contribution in [-0.2, 0) is 4.79 Å². The first kappa shape index (κ1) is 10.9. The van der Waals surface area contributed by atoms with Crippen molar-refractivity contribution in [3.63, 3.8) is 0 Å². The Bertz CT molecular complexity index is 402. The average molecular weight is 218 g/mol. The summed E-state index contributed by atoms with van der Waals surface area (Å²) in [6.07, 6.45) is 2.59. The number of carboxylic acid groups (broad SMARTS) is 1. The van der Waals surface area contributed by atoms with E-state index in [0.29, 0.717) is 18.4 Å². The first-order valence-corrected chi connectivity index (χ1v) is 5.50. The van der Waals surface area contributed by atoms with Crippen LogP contribution >= 0.6 is 0 Å². The molecule has 84 valence electrons. The number of carboxylic acids is 1. The second-order valence-corrected chi connectivity index (χ2v) is 4.29. The lowest BCUT2D eigenvalue weighted by atomic mass is 9.79. The molecule has 1 fully saturated rings. The van der Waals surface area contributed by atoms with E-state index in [-0.39, 0.29) is 5.78 Å². The van der Waals surface area contributed by atoms with E-state index in [1.807, 2.05) is 6.07 Å². The lowest BCUT2D eigenvalue weighted by Gasteiger charge is -2.21. The number of rotatable bonds is 3. The SMILES string of the molecule is O=C(O)C1(C(=O)c2ccccc2)CCCC1. The van der Waals surface area contributed by atoms with E-state index >= 15 is 0 Å². The monoisotopic (exact) mass is 218 g/mol. The minimum absolute atomic E-state index is 0.238. The Labute approximate surface area is 94.1 Å². The summed E-state index contributed by atoms with van der Waals surface area (Å²) in [4.78, 5) is 23.5. The maximum Gasteiger partial charge on any atom is 0.317 e. The maximum absolute atomic E-state index is 12.2. The summed E-state index contributed by atoms with van der Waals surface area (Å²) < 4.78 is 0. The van der Waals surface area contributed by atoms with Crippen LogP contribution in [0.3, 0.4) is 0 Å². The molecule has 3 nitrogen and oxygen atoms in total. The summed E-state index contributed by atoms with van der Waals surface area (Å²) in [5.74, 6) is -1.21. The smallest absolute Gasteiger partial charge is 0.317 e. The number of hydrogen-bond acceptors (Lipinski definition) is 2. The number of carbonyl (C=O) groups excluding carboxylic acids is 1. The van der Waals surface area contributed by atoms with Gasteiger partial charge in [0.2, 0.25) is 0 Å². The van der Waals surface area contributed by atoms with Crippen molar-refractivity contribution in [2.45, 2.75) is 25.7 Å². The maximum atomic E-state index is 12.2. The molecule has 0 unspecified atom stereocenters. The largest absolute Gasteiger partial charge is 0.480 e. The number of carbonyl (C=O) groups is 2. The van der Waals surface area contributed by atoms with E-state index in [2.05, 4.69) is 0 Å². The van der Waals surface area contributed by atoms with Gasteiger partial charge in [-0.2, -0.15) is 0 Å². The highest BCUT2D eigenvalue weighted by Gasteiger charge is 2.48. The van der Waals surface area contributed by atoms with Gasteiger partial charge in [-0.05, 0) is 12.8 Å². The van der Waals surface area contributed by atoms with E-state index in [1.54, 1.807) is 24.3 Å². The molecule has 1 aromatic carbocycles. The molecule has 0 amide bonds. The fourth-order valence-corrected chi connectivity index (χ4v) is 2.38. The number of aliphatic carboxylic acids is 1. The first-order valence-electron chi connectivity index (χ1n) is 5.50. The number of Topliss-reactive ketones (excluding diaryl/α,β-unsaturated/α-hetero) is 1. The van der Waals surface area contributed by atoms with Crippen LogP contribution in [0.1, 0.15) is 36.0 Å². The third-order valence-corrected chi connectivity index (χ3v) is 3.34. The Morgan fingerprint density at radius 2 is 1.62 bits per heavy atom. The minimum atomic E-state index is -1.17. The highest BCUT2D eigenvalue weighted by Crippen LogP contribution is 2.41. The molecular weight excluding hydrogens is 204 g/mol. The summed E-state index contributed by atoms with van der Waals surface area (Å²) in [6, 6.07) is 8.71. The number of ketones is 1. The Kier molecular flexibility index (Phi) is 2.77. The Morgan fingerprint density at radius 1 is 1.06 bits per heavy atom. The van der Waals surface area contributed by atoms with Crippen molar-refractivity contribution in [3.8, 4) is 0 Å². The van der Waals surface area contributed by atoms with E-state index in [9.17, 15) is 14.7 Å². The molecule has 1 aliphatic rings. The number of hydrogen-bond donors (Lipinski definition) is 1. The standard InChI is InChI=1S/C13H14O3/c14-11(10-6-2-1-3-7-10)13(12(15)16)8-4-5-9-13/h1-3,6-7H,4-5,8-9H2,(H,15,16). The summed E-state index contributed by atoms with van der Waals surface area (Å²) in [6.45, 7) is 0. The molecule has 0 radical (unpaired) electrons. The van der Waals surface area contributed by atoms with Gasteiger partial charge < -0.3 is 5.11 Å². The highest BCUT2D eigenvalue weighted by atomic mass is 16.4. The van der Waals surface area contributed by atoms with Crippen LogP contribution in [0, 0.1) is 5.41 Å². The molecule has 0 heterocycles. The molecule has 1 N–H and O–H groups in total. The fraction of sp³-hybridized carbons (Fsp3) is 0.385. The molecule has 0 saturated heterocycles. The van der Waals surface area contributed by atoms with Crippen molar-refractivity contribution < 1.29 is 14.7 Å². The van der Waals surface area contributed by atoms with E-state index in [0.717, 1.165) is 12.8 Å². The van der Waals surface area contributed by atoms with Crippen LogP contribution in [0.2, 0.25) is 0 Å². The van der Waals surface area contributed by atoms with Crippen LogP contribution in [0.15, 0.2) is 30.3 Å². The first-order chi connectivity index (χ1) is 7.67. The quantitative estimate of drug-likeness (QED) is 0.626. The van der Waals surface area contributed by atoms with Gasteiger partial charge in [0.25, 0.3) is 0 Å². The molecule has 0 spiro atoms. The van der Waals surface area contributed by atoms with Crippen molar-refractivity contribution in [3.05, 3.63) is 35.9 Å². The molecule has 0 aliphatic heterocycles. The summed E-state index contributed by atoms with van der Waals surface area (Å²) >= 11 is 0. The van der Waals surface area contributed by atoms with Gasteiger partial charge in [0.05, 0.1) is 0 Å². The molecule has 1 saturated carbocycles. The van der Waals surface area contributed by atoms with Gasteiger partial charge in [0.1, 0.15) is 5.41 Å². The molecule has 0 atom stereocenters. The van der Waals surface area contributed by atoms with E-state index in [4.69, 9.17) is 0 Å². The molecule has 16 heavy (non-hydrogen) atoms. The molecule has 0 bridgehead atoms. The van der Waals surface area contributed by atoms with Crippen LogP contribution < -0.4 is 0 Å². The van der Waals surface area contributed by atoms with Crippen LogP contribution in [0.5, 0.6) is 0 Å². The average Bonchev–Trinajstić information content (AvgIpc) is 2.79. The molecule has 2 rings (SSSR count). The summed E-state index contributed by atoms with van der Waals surface area (Å²) in [5.41, 5.74) is -0.659. The van der Waals surface area contributed by atoms with Crippen molar-refractivity contribution >= 4 is 11.8 Å². The number of benzene rings is 1. The van der Waals surface area contributed by atoms with Gasteiger partial charge in [0, 0.05) is 5.56 Å². The van der Waals surface area contributed by atoms with Gasteiger partial charge in [-0.25, -0.2) is 0 Å². The van der Waals surface area contributed by atoms with Gasteiger partial charge >= 0.3 is 5.97 Å². The predicted octanol–water partition coefficient (Wildman–Crippen LogP) is 2.51. The highest BCUT2D eigenvalue weighted by molar-refractivity contribution is 6.12. The third-order valence-electron chi connectivity index (χ3n) is 3.34. The van der Waals surface area contributed by atoms with Gasteiger partial charge in [-0.3, -0.25) is 9.59 Å². The van der Waals surface area contributed by atoms with Crippen molar-refractivity contribution in [1.29, 1.82) is 0 Å². The molecule has 0 aromatic heterocycles. The van der Waals surface area contributed by atoms with Crippen molar-refractivity contribution in [2.75, 3.05) is 0 Å². The van der Waals surface area contributed by atoms with Gasteiger partial charge in [-0.1, -0.05) is 43.2 Å². The van der Waals surface area contributed by atoms with E-state index in [1.165, 1.54) is 0 Å². The molecule has 1 aliphatic carbocycles. The lowest BCUT2D eigenvalue weighted by Crippen LogP contribution is -2.36. The Balaban J connectivity index is 2.36. The molecule has 1 aromatic rings. The lowest BCUT2D eigenvalue weighted by molar-refractivity contribution is -0.145. The normalized spacial score (nSPS) is 18.2. The van der Waals surface area contributed by atoms with Gasteiger partial charge in [-0.15, -0.1) is 0 Å². The predicted molar refractivity (Wildman–Crippen MR) is 59.3 cm³/mol. The molecule has 3 heteroatoms. The Morgan fingerprint density at radius 3 is 2.12 bits per heavy atom. The van der Waals surface area contributed by atoms with Gasteiger partial charge in [0.15, 0.2) is 5.78 Å². The zero-order valence-corrected chi connectivity index (χ0v) is 8.98. The second-order valence-electron chi connectivity index (χ2n) is 4.29. The zero-order chi connectivity index (χ0) is 11.6. The fourth-order valence-electron chi connectivity index (χ4n) is 2.38. The summed E-state index contributed by atoms with van der Waals surface area (Å²) in [7, 11) is 0. The third kappa shape index (κ3) is 1.62. The second kappa shape index (κ2) is 4.08. The Hall–Kier alpha value is -1.64. The minimum Gasteiger partial charge on any atom is -0.480 e. The molecular formula is C13H14O3. The van der Waals surface area contributed by atoms with E-state index < -0.39 is 11.4 Å². The van der Waals surface area contributed by atoms with Crippen molar-refractivity contribution in [2.24, 2.45) is 5.41 Å². The van der Waals surface area contributed by atoms with Crippen LogP contribution in [0.4, 0.5) is 0 Å². The van der Waals surface area contributed by atoms with Crippen LogP contribution in [-0.4, -0.2) is 16.9 Å². The zero-order valence-electron chi connectivity index (χ0n) is 8.98. The summed E-state index contributed by atoms with van der Waals surface area (Å²) in [5, 5.41) is 9.27. The van der Waals surface area contributed by atoms with Crippen molar-refractivity contribution in [1.82, 2.24) is 0 Å². The van der Waals surface area contributed by atoms with Crippen LogP contribution in [0.25, 0.3) is 0 Å².